The summed E-state index contributed by atoms with van der Waals surface area (Å²) in [5.74, 6) is -0.765. The van der Waals surface area contributed by atoms with Gasteiger partial charge in [-0.3, -0.25) is 14.4 Å². The van der Waals surface area contributed by atoms with Gasteiger partial charge in [0, 0.05) is 38.0 Å². The molecule has 15 nitrogen and oxygen atoms in total. The molecule has 0 spiro atoms. The van der Waals surface area contributed by atoms with Crippen molar-refractivity contribution in [2.24, 2.45) is 23.7 Å². The van der Waals surface area contributed by atoms with Crippen molar-refractivity contribution in [2.45, 2.75) is 80.6 Å². The van der Waals surface area contributed by atoms with Gasteiger partial charge in [-0.15, -0.1) is 0 Å². The maximum atomic E-state index is 12.9. The van der Waals surface area contributed by atoms with Gasteiger partial charge in [0.25, 0.3) is 6.47 Å². The Balaban J connectivity index is -0.000000400. The second kappa shape index (κ2) is 25.8. The Morgan fingerprint density at radius 2 is 1.25 bits per heavy atom. The number of amides is 2. The van der Waals surface area contributed by atoms with Crippen molar-refractivity contribution < 1.29 is 157 Å². The van der Waals surface area contributed by atoms with Crippen LogP contribution < -0.4 is 108 Å². The van der Waals surface area contributed by atoms with Crippen molar-refractivity contribution in [3.63, 3.8) is 0 Å². The summed E-state index contributed by atoms with van der Waals surface area (Å²) in [5.41, 5.74) is -0.920. The molecule has 1 aromatic heterocycles. The van der Waals surface area contributed by atoms with E-state index in [9.17, 15) is 24.0 Å². The fraction of sp³-hybridized carbons (Fsp3) is 0.710. The molecule has 2 aliphatic heterocycles. The number of rotatable bonds is 7. The zero-order valence-corrected chi connectivity index (χ0v) is 41.5. The molecule has 0 saturated carbocycles. The number of nitrogens with zero attached hydrogens (tertiary/aromatic N) is 4. The molecule has 2 amide bonds. The summed E-state index contributed by atoms with van der Waals surface area (Å²) < 4.78 is 17.5. The zero-order chi connectivity index (χ0) is 37.1. The second-order valence-corrected chi connectivity index (χ2v) is 15.3. The third kappa shape index (κ3) is 18.9. The fourth-order valence-corrected chi connectivity index (χ4v) is 6.61. The van der Waals surface area contributed by atoms with E-state index in [-0.39, 0.29) is 178 Å². The molecule has 3 heterocycles. The number of likely N-dealkylation sites (tertiary alicyclic amines) is 2. The fourth-order valence-electron chi connectivity index (χ4n) is 4.93. The van der Waals surface area contributed by atoms with Gasteiger partial charge in [-0.05, 0) is 85.2 Å². The van der Waals surface area contributed by atoms with E-state index >= 15 is 0 Å². The van der Waals surface area contributed by atoms with E-state index in [4.69, 9.17) is 24.3 Å². The molecule has 4 atom stereocenters. The average Bonchev–Trinajstić information content (AvgIpc) is 3.65. The van der Waals surface area contributed by atoms with Crippen LogP contribution in [0.25, 0.3) is 0 Å². The van der Waals surface area contributed by atoms with Crippen molar-refractivity contribution in [2.75, 3.05) is 38.6 Å². The van der Waals surface area contributed by atoms with Crippen LogP contribution in [-0.2, 0) is 40.0 Å². The van der Waals surface area contributed by atoms with E-state index in [1.165, 1.54) is 11.7 Å². The zero-order valence-electron chi connectivity index (χ0n) is 31.5. The van der Waals surface area contributed by atoms with E-state index in [1.807, 2.05) is 34.6 Å². The number of halogens is 3. The first-order valence-electron chi connectivity index (χ1n) is 14.9. The number of hydrogen-bond donors (Lipinski definition) is 0. The largest absolute Gasteiger partial charge is 1.00 e. The van der Waals surface area contributed by atoms with Crippen LogP contribution in [0, 0.1) is 23.7 Å². The molecule has 20 heteroatoms. The minimum atomic E-state index is -0.595. The average molecular weight is 972 g/mol. The SMILES string of the molecule is C.COC(=O)c1c(Br)nc(Br)n1CC(=O)[C@H]1CN(C(=O)OC(C)(C)C)C[C@@H]1C.C[C@@H]1CN(C(=O)OC(C)(C)C)C[C@H]1C(=O)CBr.O=CO[O-].[H-].[K+].[K+]. The van der Waals surface area contributed by atoms with E-state index < -0.39 is 23.3 Å². The summed E-state index contributed by atoms with van der Waals surface area (Å²) in [6.45, 7) is 16.4. The normalized spacial score (nSPS) is 19.2. The molecule has 0 aromatic carbocycles. The van der Waals surface area contributed by atoms with Crippen LogP contribution in [0.1, 0.15) is 74.7 Å². The Morgan fingerprint density at radius 3 is 1.59 bits per heavy atom. The van der Waals surface area contributed by atoms with Crippen molar-refractivity contribution >= 4 is 84.0 Å². The molecule has 0 unspecified atom stereocenters. The molecular weight excluding hydrogens is 922 g/mol. The van der Waals surface area contributed by atoms with Crippen molar-refractivity contribution in [3.8, 4) is 0 Å². The maximum absolute atomic E-state index is 12.9. The number of Topliss-reactive ketones (excluding diaryl/α,β-unsaturated/α-hetero) is 2. The van der Waals surface area contributed by atoms with Gasteiger partial charge in [0.1, 0.15) is 21.6 Å². The minimum Gasteiger partial charge on any atom is -1.00 e. The molecule has 2 aliphatic rings. The van der Waals surface area contributed by atoms with Crippen LogP contribution >= 0.6 is 47.8 Å². The summed E-state index contributed by atoms with van der Waals surface area (Å²) in [4.78, 5) is 79.2. The predicted molar refractivity (Wildman–Crippen MR) is 189 cm³/mol. The van der Waals surface area contributed by atoms with E-state index in [2.05, 4.69) is 57.7 Å². The van der Waals surface area contributed by atoms with Gasteiger partial charge in [-0.1, -0.05) is 37.2 Å². The first kappa shape index (κ1) is 56.0. The Kier molecular flexibility index (Phi) is 28.3. The number of hydrogen-bond acceptors (Lipinski definition) is 12. The summed E-state index contributed by atoms with van der Waals surface area (Å²) >= 11 is 9.64. The molecule has 51 heavy (non-hydrogen) atoms. The molecular formula is C31H49Br3K2N4O11. The number of carbonyl (C=O) groups excluding carboxylic acids is 6. The Labute approximate surface area is 412 Å². The van der Waals surface area contributed by atoms with Crippen LogP contribution in [0.15, 0.2) is 9.34 Å². The number of imidazole rings is 1. The Hall–Kier alpha value is 0.703. The molecule has 1 aromatic rings. The monoisotopic (exact) mass is 968 g/mol. The summed E-state index contributed by atoms with van der Waals surface area (Å²) in [7, 11) is 1.26. The maximum Gasteiger partial charge on any atom is 1.00 e. The van der Waals surface area contributed by atoms with E-state index in [0.29, 0.717) is 34.3 Å². The molecule has 0 aliphatic carbocycles. The van der Waals surface area contributed by atoms with Crippen molar-refractivity contribution in [3.05, 3.63) is 15.0 Å². The third-order valence-electron chi connectivity index (χ3n) is 7.10. The second-order valence-electron chi connectivity index (χ2n) is 13.3. The first-order valence-corrected chi connectivity index (χ1v) is 17.6. The Morgan fingerprint density at radius 1 is 0.863 bits per heavy atom. The predicted octanol–water partition coefficient (Wildman–Crippen LogP) is -1.09. The molecule has 3 rings (SSSR count). The summed E-state index contributed by atoms with van der Waals surface area (Å²) in [6.07, 6.45) is -0.749. The molecule has 0 bridgehead atoms. The van der Waals surface area contributed by atoms with Gasteiger partial charge in [0.2, 0.25) is 0 Å². The number of carbonyl (C=O) groups is 6. The van der Waals surface area contributed by atoms with Crippen molar-refractivity contribution in [1.29, 1.82) is 0 Å². The van der Waals surface area contributed by atoms with Crippen LogP contribution in [0.4, 0.5) is 9.59 Å². The number of ether oxygens (including phenoxy) is 3. The molecule has 2 saturated heterocycles. The third-order valence-corrected chi connectivity index (χ3v) is 8.81. The number of methoxy groups -OCH3 is 1. The quantitative estimate of drug-likeness (QED) is 0.0613. The standard InChI is InChI=1S/C17H23Br2N3O5.C12H20BrNO3.CH2O3.CH4.2K.H/c1-9-6-21(16(25)27-17(2,3)4)7-10(9)11(23)8-22-12(14(24)26-5)13(18)20-15(22)19;1-8-6-14(7-9(8)10(15)5-13)11(16)17-12(2,3)4;2-1-4-3;;;;/h9-10H,6-8H2,1-5H3;8-9H,5-7H2,1-4H3;1,3H;1H4;;;/q;;;;2*+1;-1/p-1/t9-,10-;8-,9-;;;;;/m01...../s1. The van der Waals surface area contributed by atoms with E-state index in [1.54, 1.807) is 30.6 Å². The van der Waals surface area contributed by atoms with Gasteiger partial charge < -0.3 is 40.1 Å². The summed E-state index contributed by atoms with van der Waals surface area (Å²) in [5, 5.41) is 8.78. The number of ketones is 2. The summed E-state index contributed by atoms with van der Waals surface area (Å²) in [6, 6.07) is 0. The molecule has 2 fully saturated rings. The molecule has 0 N–H and O–H groups in total. The van der Waals surface area contributed by atoms with Gasteiger partial charge in [-0.25, -0.2) is 19.4 Å². The van der Waals surface area contributed by atoms with Crippen LogP contribution in [0.2, 0.25) is 0 Å². The number of alkyl halides is 1. The van der Waals surface area contributed by atoms with Gasteiger partial charge >= 0.3 is 121 Å². The first-order chi connectivity index (χ1) is 22.1. The number of aromatic nitrogens is 2. The molecule has 0 radical (unpaired) electrons. The van der Waals surface area contributed by atoms with Gasteiger partial charge in [0.15, 0.2) is 16.2 Å². The van der Waals surface area contributed by atoms with Crippen LogP contribution in [0.3, 0.4) is 0 Å². The van der Waals surface area contributed by atoms with Crippen LogP contribution in [0.5, 0.6) is 0 Å². The number of esters is 1. The minimum absolute atomic E-state index is 0. The molecule has 282 valence electrons. The van der Waals surface area contributed by atoms with Gasteiger partial charge in [0.05, 0.1) is 19.0 Å². The Bertz CT molecular complexity index is 1330. The smallest absolute Gasteiger partial charge is 1.00 e. The van der Waals surface area contributed by atoms with Crippen LogP contribution in [-0.4, -0.2) is 105 Å². The van der Waals surface area contributed by atoms with Crippen molar-refractivity contribution in [1.82, 2.24) is 19.4 Å². The van der Waals surface area contributed by atoms with Gasteiger partial charge in [-0.2, -0.15) is 0 Å². The topological polar surface area (TPSA) is 187 Å². The van der Waals surface area contributed by atoms with E-state index in [0.717, 1.165) is 0 Å².